The second kappa shape index (κ2) is 31.4. The van der Waals surface area contributed by atoms with E-state index in [-0.39, 0.29) is 12.5 Å². The van der Waals surface area contributed by atoms with Gasteiger partial charge in [0, 0.05) is 6.42 Å². The molecule has 0 bridgehead atoms. The van der Waals surface area contributed by atoms with Crippen LogP contribution in [0.1, 0.15) is 174 Å². The summed E-state index contributed by atoms with van der Waals surface area (Å²) in [5.74, 6) is -0.0407. The number of hydrogen-bond acceptors (Lipinski definition) is 3. The summed E-state index contributed by atoms with van der Waals surface area (Å²) in [4.78, 5) is 12.3. The maximum absolute atomic E-state index is 12.3. The monoisotopic (exact) mass is 550 g/mol. The van der Waals surface area contributed by atoms with Crippen molar-refractivity contribution in [3.05, 3.63) is 24.3 Å². The predicted molar refractivity (Wildman–Crippen MR) is 170 cm³/mol. The molecular formula is C35H67NO3. The quantitative estimate of drug-likeness (QED) is 0.0617. The van der Waals surface area contributed by atoms with E-state index in [9.17, 15) is 15.0 Å². The van der Waals surface area contributed by atoms with Crippen LogP contribution in [0.15, 0.2) is 24.3 Å². The van der Waals surface area contributed by atoms with Gasteiger partial charge >= 0.3 is 0 Å². The highest BCUT2D eigenvalue weighted by Crippen LogP contribution is 2.14. The molecule has 0 aliphatic rings. The zero-order valence-corrected chi connectivity index (χ0v) is 26.2. The molecule has 0 aromatic carbocycles. The molecule has 0 saturated heterocycles. The van der Waals surface area contributed by atoms with Crippen molar-refractivity contribution in [2.75, 3.05) is 6.61 Å². The fourth-order valence-electron chi connectivity index (χ4n) is 5.04. The van der Waals surface area contributed by atoms with E-state index in [4.69, 9.17) is 0 Å². The average Bonchev–Trinajstić information content (AvgIpc) is 2.94. The average molecular weight is 550 g/mol. The van der Waals surface area contributed by atoms with E-state index in [0.29, 0.717) is 12.8 Å². The van der Waals surface area contributed by atoms with Gasteiger partial charge in [0.25, 0.3) is 0 Å². The van der Waals surface area contributed by atoms with E-state index < -0.39 is 12.1 Å². The number of amides is 1. The first-order chi connectivity index (χ1) is 19.2. The maximum atomic E-state index is 12.3. The second-order valence-corrected chi connectivity index (χ2v) is 11.6. The summed E-state index contributed by atoms with van der Waals surface area (Å²) < 4.78 is 0. The Morgan fingerprint density at radius 2 is 1.05 bits per heavy atom. The summed E-state index contributed by atoms with van der Waals surface area (Å²) in [6, 6.07) is -0.533. The first kappa shape index (κ1) is 37.9. The van der Waals surface area contributed by atoms with Crippen molar-refractivity contribution in [1.29, 1.82) is 0 Å². The van der Waals surface area contributed by atoms with Gasteiger partial charge in [-0.15, -0.1) is 0 Å². The second-order valence-electron chi connectivity index (χ2n) is 11.6. The minimum Gasteiger partial charge on any atom is -0.394 e. The third-order valence-electron chi connectivity index (χ3n) is 7.72. The molecule has 2 unspecified atom stereocenters. The molecule has 2 atom stereocenters. The first-order valence-electron chi connectivity index (χ1n) is 17.0. The molecule has 0 heterocycles. The molecule has 0 aliphatic heterocycles. The maximum Gasteiger partial charge on any atom is 0.220 e. The number of hydrogen-bond donors (Lipinski definition) is 3. The normalized spacial score (nSPS) is 13.4. The molecule has 0 saturated carbocycles. The summed E-state index contributed by atoms with van der Waals surface area (Å²) in [5, 5.41) is 22.9. The van der Waals surface area contributed by atoms with Gasteiger partial charge in [-0.3, -0.25) is 4.79 Å². The van der Waals surface area contributed by atoms with Gasteiger partial charge in [-0.2, -0.15) is 0 Å². The van der Waals surface area contributed by atoms with Crippen LogP contribution < -0.4 is 5.32 Å². The van der Waals surface area contributed by atoms with Crippen LogP contribution in [-0.4, -0.2) is 34.9 Å². The number of nitrogens with one attached hydrogen (secondary N) is 1. The molecule has 3 N–H and O–H groups in total. The fraction of sp³-hybridized carbons (Fsp3) is 0.857. The van der Waals surface area contributed by atoms with Crippen molar-refractivity contribution in [3.8, 4) is 0 Å². The Labute approximate surface area is 243 Å². The smallest absolute Gasteiger partial charge is 0.220 e. The lowest BCUT2D eigenvalue weighted by Gasteiger charge is -2.22. The standard InChI is InChI=1S/C35H67NO3/c1-3-5-7-9-11-13-14-15-16-17-18-19-20-21-22-23-25-27-29-31-35(39)36-33(32-37)34(38)30-28-26-24-12-10-8-6-4-2/h11,13,15-16,33-34,37-38H,3-10,12,14,17-32H2,1-2H3,(H,36,39)/b13-11-,16-15-. The molecule has 4 nitrogen and oxygen atoms in total. The minimum absolute atomic E-state index is 0.0407. The third kappa shape index (κ3) is 28.2. The van der Waals surface area contributed by atoms with Crippen LogP contribution in [0.4, 0.5) is 0 Å². The molecule has 0 aromatic rings. The van der Waals surface area contributed by atoms with Gasteiger partial charge < -0.3 is 15.5 Å². The van der Waals surface area contributed by atoms with E-state index in [1.54, 1.807) is 0 Å². The van der Waals surface area contributed by atoms with E-state index in [1.165, 1.54) is 116 Å². The lowest BCUT2D eigenvalue weighted by Crippen LogP contribution is -2.45. The number of allylic oxidation sites excluding steroid dienone is 4. The predicted octanol–water partition coefficient (Wildman–Crippen LogP) is 9.73. The van der Waals surface area contributed by atoms with Gasteiger partial charge in [0.05, 0.1) is 18.8 Å². The van der Waals surface area contributed by atoms with Crippen LogP contribution in [0.2, 0.25) is 0 Å². The number of aliphatic hydroxyl groups excluding tert-OH is 2. The molecule has 0 radical (unpaired) electrons. The van der Waals surface area contributed by atoms with E-state index in [1.807, 2.05) is 0 Å². The molecule has 0 spiro atoms. The number of carbonyl (C=O) groups is 1. The highest BCUT2D eigenvalue weighted by molar-refractivity contribution is 5.76. The van der Waals surface area contributed by atoms with Crippen LogP contribution in [0, 0.1) is 0 Å². The van der Waals surface area contributed by atoms with Crippen molar-refractivity contribution >= 4 is 5.91 Å². The fourth-order valence-corrected chi connectivity index (χ4v) is 5.04. The van der Waals surface area contributed by atoms with E-state index in [2.05, 4.69) is 43.5 Å². The molecule has 0 aromatic heterocycles. The lowest BCUT2D eigenvalue weighted by molar-refractivity contribution is -0.123. The minimum atomic E-state index is -0.655. The van der Waals surface area contributed by atoms with Gasteiger partial charge in [0.1, 0.15) is 0 Å². The van der Waals surface area contributed by atoms with Crippen molar-refractivity contribution < 1.29 is 15.0 Å². The third-order valence-corrected chi connectivity index (χ3v) is 7.72. The Bertz CT molecular complexity index is 560. The molecule has 0 rings (SSSR count). The zero-order valence-electron chi connectivity index (χ0n) is 26.2. The van der Waals surface area contributed by atoms with Crippen molar-refractivity contribution in [2.45, 2.75) is 187 Å². The molecule has 0 fully saturated rings. The highest BCUT2D eigenvalue weighted by atomic mass is 16.3. The number of unbranched alkanes of at least 4 members (excludes halogenated alkanes) is 19. The lowest BCUT2D eigenvalue weighted by atomic mass is 10.0. The largest absolute Gasteiger partial charge is 0.394 e. The van der Waals surface area contributed by atoms with Crippen LogP contribution in [0.25, 0.3) is 0 Å². The van der Waals surface area contributed by atoms with Crippen LogP contribution >= 0.6 is 0 Å². The summed E-state index contributed by atoms with van der Waals surface area (Å²) in [7, 11) is 0. The summed E-state index contributed by atoms with van der Waals surface area (Å²) >= 11 is 0. The van der Waals surface area contributed by atoms with Crippen LogP contribution in [0.3, 0.4) is 0 Å². The number of rotatable bonds is 30. The zero-order chi connectivity index (χ0) is 28.7. The van der Waals surface area contributed by atoms with Crippen LogP contribution in [-0.2, 0) is 4.79 Å². The van der Waals surface area contributed by atoms with Crippen LogP contribution in [0.5, 0.6) is 0 Å². The summed E-state index contributed by atoms with van der Waals surface area (Å²) in [5.41, 5.74) is 0. The van der Waals surface area contributed by atoms with E-state index >= 15 is 0 Å². The Kier molecular flexibility index (Phi) is 30.5. The summed E-state index contributed by atoms with van der Waals surface area (Å²) in [6.45, 7) is 4.29. The summed E-state index contributed by atoms with van der Waals surface area (Å²) in [6.07, 6.45) is 38.0. The SMILES string of the molecule is CCCCC/C=C\C/C=C\CCCCCCCCCCCC(=O)NC(CO)C(O)CCCCCCCCCC. The molecule has 1 amide bonds. The molecule has 0 aliphatic carbocycles. The van der Waals surface area contributed by atoms with Gasteiger partial charge in [-0.1, -0.05) is 147 Å². The van der Waals surface area contributed by atoms with Crippen molar-refractivity contribution in [1.82, 2.24) is 5.32 Å². The molecular weight excluding hydrogens is 482 g/mol. The van der Waals surface area contributed by atoms with Gasteiger partial charge in [-0.25, -0.2) is 0 Å². The molecule has 230 valence electrons. The molecule has 4 heteroatoms. The van der Waals surface area contributed by atoms with Gasteiger partial charge in [-0.05, 0) is 44.9 Å². The van der Waals surface area contributed by atoms with Crippen molar-refractivity contribution in [2.24, 2.45) is 0 Å². The topological polar surface area (TPSA) is 69.6 Å². The number of carbonyl (C=O) groups excluding carboxylic acids is 1. The van der Waals surface area contributed by atoms with Crippen molar-refractivity contribution in [3.63, 3.8) is 0 Å². The van der Waals surface area contributed by atoms with Gasteiger partial charge in [0.15, 0.2) is 0 Å². The first-order valence-corrected chi connectivity index (χ1v) is 17.0. The highest BCUT2D eigenvalue weighted by Gasteiger charge is 2.19. The van der Waals surface area contributed by atoms with Gasteiger partial charge in [0.2, 0.25) is 5.91 Å². The number of aliphatic hydroxyl groups is 2. The van der Waals surface area contributed by atoms with E-state index in [0.717, 1.165) is 32.1 Å². The molecule has 39 heavy (non-hydrogen) atoms. The Hall–Kier alpha value is -1.13. The Morgan fingerprint density at radius 3 is 1.59 bits per heavy atom. The Balaban J connectivity index is 3.55. The Morgan fingerprint density at radius 1 is 0.615 bits per heavy atom.